The lowest BCUT2D eigenvalue weighted by atomic mass is 9.95. The first-order valence-electron chi connectivity index (χ1n) is 9.33. The van der Waals surface area contributed by atoms with Gasteiger partial charge in [0.25, 0.3) is 0 Å². The van der Waals surface area contributed by atoms with Crippen molar-refractivity contribution in [2.45, 2.75) is 56.8 Å². The number of aromatic nitrogens is 3. The van der Waals surface area contributed by atoms with Crippen molar-refractivity contribution >= 4 is 0 Å². The van der Waals surface area contributed by atoms with Crippen molar-refractivity contribution in [3.63, 3.8) is 0 Å². The number of piperidine rings is 1. The number of likely N-dealkylation sites (tertiary alicyclic amines) is 1. The first-order valence-corrected chi connectivity index (χ1v) is 9.33. The summed E-state index contributed by atoms with van der Waals surface area (Å²) in [6, 6.07) is 0.403. The van der Waals surface area contributed by atoms with E-state index < -0.39 is 0 Å². The summed E-state index contributed by atoms with van der Waals surface area (Å²) >= 11 is 0. The van der Waals surface area contributed by atoms with Crippen molar-refractivity contribution in [2.24, 2.45) is 7.05 Å². The lowest BCUT2D eigenvalue weighted by Crippen LogP contribution is -2.37. The summed E-state index contributed by atoms with van der Waals surface area (Å²) in [4.78, 5) is 14.8. The van der Waals surface area contributed by atoms with Crippen LogP contribution in [0.15, 0.2) is 4.79 Å². The number of ether oxygens (including phenoxy) is 2. The lowest BCUT2D eigenvalue weighted by molar-refractivity contribution is -0.182. The van der Waals surface area contributed by atoms with Gasteiger partial charge in [-0.3, -0.25) is 4.57 Å². The molecule has 1 aromatic heterocycles. The smallest absolute Gasteiger partial charge is 0.345 e. The Morgan fingerprint density at radius 1 is 1.12 bits per heavy atom. The molecule has 0 spiro atoms. The highest BCUT2D eigenvalue weighted by molar-refractivity contribution is 5.04. The van der Waals surface area contributed by atoms with Crippen LogP contribution in [0.3, 0.4) is 0 Å². The highest BCUT2D eigenvalue weighted by atomic mass is 16.7. The number of aryl methyl sites for hydroxylation is 1. The van der Waals surface area contributed by atoms with Gasteiger partial charge in [0.05, 0.1) is 13.2 Å². The third kappa shape index (κ3) is 3.43. The number of hydrogen-bond acceptors (Lipinski definition) is 5. The summed E-state index contributed by atoms with van der Waals surface area (Å²) in [6.07, 6.45) is 6.34. The predicted octanol–water partition coefficient (Wildman–Crippen LogP) is 1.25. The van der Waals surface area contributed by atoms with E-state index in [1.807, 2.05) is 4.57 Å². The van der Waals surface area contributed by atoms with Gasteiger partial charge in [-0.05, 0) is 45.2 Å². The van der Waals surface area contributed by atoms with Crippen molar-refractivity contribution in [3.05, 3.63) is 16.3 Å². The zero-order valence-electron chi connectivity index (χ0n) is 14.5. The molecule has 3 heterocycles. The molecular weight excluding hydrogens is 308 g/mol. The SMILES string of the molecule is Cn1nc(C2CCN(CCC3OCCCO3)CC2)n(C2CC2)c1=O. The van der Waals surface area contributed by atoms with Gasteiger partial charge in [-0.25, -0.2) is 9.48 Å². The zero-order chi connectivity index (χ0) is 16.5. The number of hydrogen-bond donors (Lipinski definition) is 0. The van der Waals surface area contributed by atoms with Crippen LogP contribution in [-0.2, 0) is 16.5 Å². The van der Waals surface area contributed by atoms with Gasteiger partial charge in [-0.15, -0.1) is 0 Å². The van der Waals surface area contributed by atoms with E-state index in [9.17, 15) is 4.79 Å². The van der Waals surface area contributed by atoms with E-state index in [-0.39, 0.29) is 12.0 Å². The van der Waals surface area contributed by atoms with Crippen LogP contribution in [-0.4, -0.2) is 58.4 Å². The maximum atomic E-state index is 12.3. The van der Waals surface area contributed by atoms with Crippen LogP contribution in [0.5, 0.6) is 0 Å². The van der Waals surface area contributed by atoms with Crippen molar-refractivity contribution in [2.75, 3.05) is 32.8 Å². The molecule has 1 aromatic rings. The third-order valence-corrected chi connectivity index (χ3v) is 5.42. The van der Waals surface area contributed by atoms with E-state index in [1.54, 1.807) is 7.05 Å². The molecule has 1 aliphatic carbocycles. The molecule has 24 heavy (non-hydrogen) atoms. The molecule has 3 fully saturated rings. The summed E-state index contributed by atoms with van der Waals surface area (Å²) in [5.74, 6) is 1.43. The molecule has 0 radical (unpaired) electrons. The van der Waals surface area contributed by atoms with Gasteiger partial charge >= 0.3 is 5.69 Å². The van der Waals surface area contributed by atoms with Gasteiger partial charge < -0.3 is 14.4 Å². The minimum Gasteiger partial charge on any atom is -0.353 e. The quantitative estimate of drug-likeness (QED) is 0.810. The maximum absolute atomic E-state index is 12.3. The number of nitrogens with zero attached hydrogens (tertiary/aromatic N) is 4. The molecule has 134 valence electrons. The standard InChI is InChI=1S/C17H28N4O3/c1-19-17(22)21(14-3-4-14)16(18-19)13-5-8-20(9-6-13)10-7-15-23-11-2-12-24-15/h13-15H,2-12H2,1H3. The summed E-state index contributed by atoms with van der Waals surface area (Å²) in [5.41, 5.74) is 0.0570. The summed E-state index contributed by atoms with van der Waals surface area (Å²) in [5, 5.41) is 4.55. The molecule has 4 rings (SSSR count). The fourth-order valence-corrected chi connectivity index (χ4v) is 3.86. The second-order valence-corrected chi connectivity index (χ2v) is 7.29. The highest BCUT2D eigenvalue weighted by Crippen LogP contribution is 2.37. The van der Waals surface area contributed by atoms with Crippen molar-refractivity contribution < 1.29 is 9.47 Å². The predicted molar refractivity (Wildman–Crippen MR) is 89.1 cm³/mol. The Kier molecular flexibility index (Phi) is 4.74. The van der Waals surface area contributed by atoms with Crippen LogP contribution in [0.25, 0.3) is 0 Å². The fourth-order valence-electron chi connectivity index (χ4n) is 3.86. The van der Waals surface area contributed by atoms with Crippen molar-refractivity contribution in [3.8, 4) is 0 Å². The Morgan fingerprint density at radius 3 is 2.50 bits per heavy atom. The molecule has 0 unspecified atom stereocenters. The van der Waals surface area contributed by atoms with Gasteiger partial charge in [0, 0.05) is 32.0 Å². The van der Waals surface area contributed by atoms with Crippen molar-refractivity contribution in [1.82, 2.24) is 19.2 Å². The molecule has 0 amide bonds. The van der Waals surface area contributed by atoms with Crippen LogP contribution < -0.4 is 5.69 Å². The van der Waals surface area contributed by atoms with Gasteiger partial charge in [-0.2, -0.15) is 5.10 Å². The fraction of sp³-hybridized carbons (Fsp3) is 0.882. The van der Waals surface area contributed by atoms with Crippen molar-refractivity contribution in [1.29, 1.82) is 0 Å². The minimum atomic E-state index is -0.0210. The number of rotatable bonds is 5. The van der Waals surface area contributed by atoms with Crippen LogP contribution in [0.2, 0.25) is 0 Å². The van der Waals surface area contributed by atoms with E-state index in [4.69, 9.17) is 9.47 Å². The first kappa shape index (κ1) is 16.3. The molecule has 7 nitrogen and oxygen atoms in total. The van der Waals surface area contributed by atoms with Crippen LogP contribution in [0.4, 0.5) is 0 Å². The molecular formula is C17H28N4O3. The minimum absolute atomic E-state index is 0.0210. The van der Waals surface area contributed by atoms with E-state index in [0.29, 0.717) is 12.0 Å². The van der Waals surface area contributed by atoms with Crippen LogP contribution in [0.1, 0.15) is 56.3 Å². The Balaban J connectivity index is 1.31. The van der Waals surface area contributed by atoms with E-state index in [0.717, 1.165) is 77.2 Å². The Labute approximate surface area is 142 Å². The van der Waals surface area contributed by atoms with Gasteiger partial charge in [0.2, 0.25) is 0 Å². The molecule has 2 aliphatic heterocycles. The summed E-state index contributed by atoms with van der Waals surface area (Å²) in [6.45, 7) is 4.80. The lowest BCUT2D eigenvalue weighted by Gasteiger charge is -2.33. The Hall–Kier alpha value is -1.18. The van der Waals surface area contributed by atoms with Gasteiger partial charge in [-0.1, -0.05) is 0 Å². The average Bonchev–Trinajstić information content (AvgIpc) is 3.41. The van der Waals surface area contributed by atoms with E-state index in [1.165, 1.54) is 4.68 Å². The highest BCUT2D eigenvalue weighted by Gasteiger charge is 2.33. The average molecular weight is 336 g/mol. The summed E-state index contributed by atoms with van der Waals surface area (Å²) in [7, 11) is 1.77. The molecule has 0 N–H and O–H groups in total. The second-order valence-electron chi connectivity index (χ2n) is 7.29. The third-order valence-electron chi connectivity index (χ3n) is 5.42. The zero-order valence-corrected chi connectivity index (χ0v) is 14.5. The Morgan fingerprint density at radius 2 is 1.83 bits per heavy atom. The second kappa shape index (κ2) is 6.98. The molecule has 7 heteroatoms. The monoisotopic (exact) mass is 336 g/mol. The van der Waals surface area contributed by atoms with E-state index >= 15 is 0 Å². The normalized spacial score (nSPS) is 24.5. The van der Waals surface area contributed by atoms with Gasteiger partial charge in [0.1, 0.15) is 5.82 Å². The molecule has 1 saturated carbocycles. The summed E-state index contributed by atoms with van der Waals surface area (Å²) < 4.78 is 14.7. The molecule has 0 bridgehead atoms. The molecule has 0 atom stereocenters. The largest absolute Gasteiger partial charge is 0.353 e. The van der Waals surface area contributed by atoms with E-state index in [2.05, 4.69) is 10.00 Å². The van der Waals surface area contributed by atoms with Crippen LogP contribution in [0, 0.1) is 0 Å². The maximum Gasteiger partial charge on any atom is 0.345 e. The molecule has 2 saturated heterocycles. The topological polar surface area (TPSA) is 61.5 Å². The van der Waals surface area contributed by atoms with Crippen LogP contribution >= 0.6 is 0 Å². The Bertz CT molecular complexity index is 608. The molecule has 0 aromatic carbocycles. The molecule has 3 aliphatic rings. The van der Waals surface area contributed by atoms with Gasteiger partial charge in [0.15, 0.2) is 6.29 Å². The first-order chi connectivity index (χ1) is 11.7.